The van der Waals surface area contributed by atoms with Gasteiger partial charge in [-0.25, -0.2) is 4.79 Å². The number of amides is 1. The number of carbonyl (C=O) groups is 2. The first-order valence-electron chi connectivity index (χ1n) is 10.2. The highest BCUT2D eigenvalue weighted by Gasteiger charge is 2.40. The maximum absolute atomic E-state index is 13.0. The molecule has 5 nitrogen and oxygen atoms in total. The summed E-state index contributed by atoms with van der Waals surface area (Å²) in [6.07, 6.45) is -0.585. The highest BCUT2D eigenvalue weighted by atomic mass is 19.4. The Balaban J connectivity index is 1.54. The Bertz CT molecular complexity index is 985. The molecule has 2 aliphatic rings. The van der Waals surface area contributed by atoms with Crippen LogP contribution in [0.3, 0.4) is 0 Å². The molecule has 4 rings (SSSR count). The molecule has 1 atom stereocenters. The van der Waals surface area contributed by atoms with E-state index in [1.54, 1.807) is 25.1 Å². The van der Waals surface area contributed by atoms with Crippen LogP contribution in [0, 0.1) is 5.92 Å². The highest BCUT2D eigenvalue weighted by Crippen LogP contribution is 2.36. The van der Waals surface area contributed by atoms with Gasteiger partial charge in [-0.05, 0) is 56.6 Å². The van der Waals surface area contributed by atoms with Gasteiger partial charge in [0.2, 0.25) is 0 Å². The number of ether oxygens (including phenoxy) is 1. The molecule has 30 heavy (non-hydrogen) atoms. The third-order valence-corrected chi connectivity index (χ3v) is 5.92. The normalized spacial score (nSPS) is 16.9. The standard InChI is InChI=1S/C22H23F3N2O3/c1-13(14-9-10-14)27(12-22(23,24)25)19(28)11-30-21(29)20-15-5-2-3-7-17(15)26-18-8-4-6-16(18)20/h2-3,5,7,13-14H,4,6,8-12H2,1H3/t13-/m0/s1. The van der Waals surface area contributed by atoms with Gasteiger partial charge in [-0.3, -0.25) is 9.78 Å². The molecule has 160 valence electrons. The van der Waals surface area contributed by atoms with Crippen molar-refractivity contribution in [3.63, 3.8) is 0 Å². The SMILES string of the molecule is C[C@@H](C1CC1)N(CC(F)(F)F)C(=O)COC(=O)c1c2c(nc3ccccc13)CCC2. The number of benzene rings is 1. The van der Waals surface area contributed by atoms with Gasteiger partial charge in [0, 0.05) is 17.1 Å². The van der Waals surface area contributed by atoms with Gasteiger partial charge in [0.05, 0.1) is 11.1 Å². The van der Waals surface area contributed by atoms with E-state index in [2.05, 4.69) is 4.98 Å². The molecule has 0 unspecified atom stereocenters. The van der Waals surface area contributed by atoms with Crippen molar-refractivity contribution in [2.24, 2.45) is 5.92 Å². The lowest BCUT2D eigenvalue weighted by atomic mass is 10.0. The summed E-state index contributed by atoms with van der Waals surface area (Å²) in [4.78, 5) is 30.9. The van der Waals surface area contributed by atoms with Crippen LogP contribution in [0.2, 0.25) is 0 Å². The van der Waals surface area contributed by atoms with Crippen LogP contribution in [0.15, 0.2) is 24.3 Å². The zero-order chi connectivity index (χ0) is 21.5. The molecule has 8 heteroatoms. The molecule has 0 N–H and O–H groups in total. The Kier molecular flexibility index (Phi) is 5.42. The van der Waals surface area contributed by atoms with Crippen molar-refractivity contribution in [2.75, 3.05) is 13.2 Å². The Morgan fingerprint density at radius 3 is 2.67 bits per heavy atom. The zero-order valence-electron chi connectivity index (χ0n) is 16.7. The van der Waals surface area contributed by atoms with E-state index in [0.29, 0.717) is 22.9 Å². The van der Waals surface area contributed by atoms with E-state index >= 15 is 0 Å². The average molecular weight is 420 g/mol. The van der Waals surface area contributed by atoms with Crippen LogP contribution >= 0.6 is 0 Å². The van der Waals surface area contributed by atoms with Gasteiger partial charge in [-0.1, -0.05) is 18.2 Å². The van der Waals surface area contributed by atoms with E-state index in [9.17, 15) is 22.8 Å². The van der Waals surface area contributed by atoms with Gasteiger partial charge >= 0.3 is 12.1 Å². The summed E-state index contributed by atoms with van der Waals surface area (Å²) in [5.41, 5.74) is 2.69. The van der Waals surface area contributed by atoms with Crippen LogP contribution < -0.4 is 0 Å². The first kappa shape index (κ1) is 20.6. The molecule has 1 saturated carbocycles. The fourth-order valence-corrected chi connectivity index (χ4v) is 4.21. The smallest absolute Gasteiger partial charge is 0.406 e. The number of fused-ring (bicyclic) bond motifs is 2. The maximum atomic E-state index is 13.0. The number of pyridine rings is 1. The lowest BCUT2D eigenvalue weighted by Crippen LogP contribution is -2.47. The number of aryl methyl sites for hydroxylation is 1. The molecule has 0 radical (unpaired) electrons. The number of halogens is 3. The van der Waals surface area contributed by atoms with E-state index < -0.39 is 37.2 Å². The van der Waals surface area contributed by atoms with Gasteiger partial charge in [0.25, 0.3) is 5.91 Å². The molecule has 0 spiro atoms. The van der Waals surface area contributed by atoms with Crippen LogP contribution in [-0.2, 0) is 22.4 Å². The number of hydrogen-bond acceptors (Lipinski definition) is 4. The van der Waals surface area contributed by atoms with E-state index in [1.165, 1.54) is 0 Å². The zero-order valence-corrected chi connectivity index (χ0v) is 16.7. The van der Waals surface area contributed by atoms with Crippen molar-refractivity contribution < 1.29 is 27.5 Å². The third-order valence-electron chi connectivity index (χ3n) is 5.92. The third kappa shape index (κ3) is 4.27. The molecule has 1 heterocycles. The van der Waals surface area contributed by atoms with E-state index in [-0.39, 0.29) is 5.92 Å². The fourth-order valence-electron chi connectivity index (χ4n) is 4.21. The summed E-state index contributed by atoms with van der Waals surface area (Å²) < 4.78 is 44.2. The Labute approximate surface area is 172 Å². The summed E-state index contributed by atoms with van der Waals surface area (Å²) >= 11 is 0. The summed E-state index contributed by atoms with van der Waals surface area (Å²) in [5.74, 6) is -1.44. The number of rotatable bonds is 6. The minimum Gasteiger partial charge on any atom is -0.452 e. The van der Waals surface area contributed by atoms with Gasteiger partial charge in [0.15, 0.2) is 6.61 Å². The molecule has 0 aliphatic heterocycles. The van der Waals surface area contributed by atoms with Crippen molar-refractivity contribution in [3.8, 4) is 0 Å². The van der Waals surface area contributed by atoms with Gasteiger partial charge in [-0.2, -0.15) is 13.2 Å². The molecule has 0 bridgehead atoms. The van der Waals surface area contributed by atoms with Crippen molar-refractivity contribution in [2.45, 2.75) is 51.2 Å². The highest BCUT2D eigenvalue weighted by molar-refractivity contribution is 6.05. The summed E-state index contributed by atoms with van der Waals surface area (Å²) in [6, 6.07) is 6.64. The Morgan fingerprint density at radius 2 is 1.97 bits per heavy atom. The second-order valence-corrected chi connectivity index (χ2v) is 8.07. The van der Waals surface area contributed by atoms with Gasteiger partial charge in [0.1, 0.15) is 6.54 Å². The molecule has 0 saturated heterocycles. The van der Waals surface area contributed by atoms with Crippen LogP contribution in [0.5, 0.6) is 0 Å². The van der Waals surface area contributed by atoms with Gasteiger partial charge < -0.3 is 9.64 Å². The topological polar surface area (TPSA) is 59.5 Å². The molecule has 1 aromatic heterocycles. The van der Waals surface area contributed by atoms with Crippen molar-refractivity contribution in [1.82, 2.24) is 9.88 Å². The predicted molar refractivity (Wildman–Crippen MR) is 104 cm³/mol. The monoisotopic (exact) mass is 420 g/mol. The number of esters is 1. The lowest BCUT2D eigenvalue weighted by Gasteiger charge is -2.30. The lowest BCUT2D eigenvalue weighted by molar-refractivity contribution is -0.167. The predicted octanol–water partition coefficient (Wildman–Crippen LogP) is 4.07. The average Bonchev–Trinajstić information content (AvgIpc) is 3.45. The number of nitrogens with zero attached hydrogens (tertiary/aromatic N) is 2. The quantitative estimate of drug-likeness (QED) is 0.661. The van der Waals surface area contributed by atoms with Gasteiger partial charge in [-0.15, -0.1) is 0 Å². The Hall–Kier alpha value is -2.64. The minimum absolute atomic E-state index is 0.0689. The van der Waals surface area contributed by atoms with Crippen molar-refractivity contribution in [1.29, 1.82) is 0 Å². The number of aromatic nitrogens is 1. The molecule has 2 aromatic rings. The van der Waals surface area contributed by atoms with Crippen LogP contribution in [-0.4, -0.2) is 47.1 Å². The first-order chi connectivity index (χ1) is 14.2. The second kappa shape index (κ2) is 7.89. The molecule has 1 aromatic carbocycles. The second-order valence-electron chi connectivity index (χ2n) is 8.07. The summed E-state index contributed by atoms with van der Waals surface area (Å²) in [5, 5.41) is 0.633. The van der Waals surface area contributed by atoms with Crippen molar-refractivity contribution in [3.05, 3.63) is 41.1 Å². The first-order valence-corrected chi connectivity index (χ1v) is 10.2. The van der Waals surface area contributed by atoms with Crippen LogP contribution in [0.25, 0.3) is 10.9 Å². The molecule has 1 fully saturated rings. The van der Waals surface area contributed by atoms with Crippen LogP contribution in [0.1, 0.15) is 47.8 Å². The van der Waals surface area contributed by atoms with Crippen LogP contribution in [0.4, 0.5) is 13.2 Å². The maximum Gasteiger partial charge on any atom is 0.406 e. The van der Waals surface area contributed by atoms with E-state index in [4.69, 9.17) is 4.74 Å². The number of carbonyl (C=O) groups excluding carboxylic acids is 2. The summed E-state index contributed by atoms with van der Waals surface area (Å²) in [7, 11) is 0. The molecule has 1 amide bonds. The molecular formula is C22H23F3N2O3. The van der Waals surface area contributed by atoms with Crippen molar-refractivity contribution >= 4 is 22.8 Å². The number of hydrogen-bond donors (Lipinski definition) is 0. The molecule has 2 aliphatic carbocycles. The number of alkyl halides is 3. The largest absolute Gasteiger partial charge is 0.452 e. The van der Waals surface area contributed by atoms with E-state index in [1.807, 2.05) is 6.07 Å². The Morgan fingerprint density at radius 1 is 1.23 bits per heavy atom. The number of para-hydroxylation sites is 1. The molecular weight excluding hydrogens is 397 g/mol. The fraction of sp³-hybridized carbons (Fsp3) is 0.500. The minimum atomic E-state index is -4.51. The van der Waals surface area contributed by atoms with E-state index in [0.717, 1.165) is 41.8 Å². The summed E-state index contributed by atoms with van der Waals surface area (Å²) in [6.45, 7) is -0.432.